The van der Waals surface area contributed by atoms with Crippen LogP contribution in [0.2, 0.25) is 5.02 Å². The van der Waals surface area contributed by atoms with Crippen LogP contribution in [0.4, 0.5) is 24.5 Å². The van der Waals surface area contributed by atoms with Gasteiger partial charge in [-0.1, -0.05) is 18.5 Å². The highest BCUT2D eigenvalue weighted by Crippen LogP contribution is 2.42. The third-order valence-corrected chi connectivity index (χ3v) is 6.50. The first-order valence-electron chi connectivity index (χ1n) is 11.4. The van der Waals surface area contributed by atoms with Gasteiger partial charge in [-0.05, 0) is 42.9 Å². The Kier molecular flexibility index (Phi) is 7.53. The van der Waals surface area contributed by atoms with Crippen LogP contribution >= 0.6 is 11.6 Å². The van der Waals surface area contributed by atoms with Crippen molar-refractivity contribution in [3.05, 3.63) is 58.1 Å². The van der Waals surface area contributed by atoms with Crippen molar-refractivity contribution in [1.29, 1.82) is 0 Å². The molecule has 192 valence electrons. The fraction of sp³-hybridized carbons (Fsp3) is 0.375. The molecule has 12 heteroatoms. The average Bonchev–Trinajstić information content (AvgIpc) is 3.14. The maximum Gasteiger partial charge on any atom is 0.416 e. The highest BCUT2D eigenvalue weighted by atomic mass is 35.5. The van der Waals surface area contributed by atoms with Crippen LogP contribution in [0.1, 0.15) is 34.5 Å². The van der Waals surface area contributed by atoms with Crippen molar-refractivity contribution in [3.63, 3.8) is 0 Å². The van der Waals surface area contributed by atoms with Crippen LogP contribution in [0.25, 0.3) is 0 Å². The Morgan fingerprint density at radius 1 is 1.08 bits per heavy atom. The summed E-state index contributed by atoms with van der Waals surface area (Å²) in [6.45, 7) is 5.79. The third-order valence-electron chi connectivity index (χ3n) is 6.24. The van der Waals surface area contributed by atoms with Crippen LogP contribution in [-0.4, -0.2) is 66.8 Å². The Labute approximate surface area is 210 Å². The summed E-state index contributed by atoms with van der Waals surface area (Å²) >= 11 is 5.82. The topological polar surface area (TPSA) is 93.8 Å². The van der Waals surface area contributed by atoms with Gasteiger partial charge in [0.1, 0.15) is 6.04 Å². The zero-order valence-electron chi connectivity index (χ0n) is 19.4. The van der Waals surface area contributed by atoms with Crippen LogP contribution in [0.5, 0.6) is 0 Å². The Morgan fingerprint density at radius 3 is 2.33 bits per heavy atom. The molecule has 0 aliphatic carbocycles. The lowest BCUT2D eigenvalue weighted by Crippen LogP contribution is -2.49. The summed E-state index contributed by atoms with van der Waals surface area (Å²) in [5.41, 5.74) is -1.69. The smallest absolute Gasteiger partial charge is 0.339 e. The molecule has 0 aromatic heterocycles. The third kappa shape index (κ3) is 5.80. The number of benzene rings is 2. The van der Waals surface area contributed by atoms with Crippen LogP contribution in [0.15, 0.2) is 36.4 Å². The molecule has 8 nitrogen and oxygen atoms in total. The highest BCUT2D eigenvalue weighted by Gasteiger charge is 2.43. The number of rotatable bonds is 6. The van der Waals surface area contributed by atoms with Crippen LogP contribution in [0, 0.1) is 0 Å². The molecule has 1 fully saturated rings. The lowest BCUT2D eigenvalue weighted by molar-refractivity contribution is -0.139. The average molecular weight is 524 g/mol. The van der Waals surface area contributed by atoms with Crippen LogP contribution in [0.3, 0.4) is 0 Å². The molecule has 3 N–H and O–H groups in total. The van der Waals surface area contributed by atoms with Crippen molar-refractivity contribution < 1.29 is 27.6 Å². The molecule has 1 unspecified atom stereocenters. The van der Waals surface area contributed by atoms with E-state index in [1.165, 1.54) is 30.3 Å². The van der Waals surface area contributed by atoms with Gasteiger partial charge in [-0.15, -0.1) is 0 Å². The summed E-state index contributed by atoms with van der Waals surface area (Å²) in [7, 11) is 0. The van der Waals surface area contributed by atoms with E-state index >= 15 is 0 Å². The fourth-order valence-corrected chi connectivity index (χ4v) is 4.44. The van der Waals surface area contributed by atoms with Crippen molar-refractivity contribution in [3.8, 4) is 0 Å². The molecule has 2 aromatic rings. The van der Waals surface area contributed by atoms with E-state index in [2.05, 4.69) is 20.9 Å². The Hall–Kier alpha value is -3.15. The summed E-state index contributed by atoms with van der Waals surface area (Å²) in [6, 6.07) is 6.41. The van der Waals surface area contributed by atoms with Gasteiger partial charge in [0.2, 0.25) is 5.91 Å². The molecular formula is C24H25ClF3N5O3. The first kappa shape index (κ1) is 25.9. The minimum absolute atomic E-state index is 0.0282. The molecular weight excluding hydrogens is 499 g/mol. The predicted octanol–water partition coefficient (Wildman–Crippen LogP) is 3.36. The number of nitrogens with zero attached hydrogens (tertiary/aromatic N) is 2. The van der Waals surface area contributed by atoms with Gasteiger partial charge in [0.15, 0.2) is 0 Å². The number of anilines is 2. The molecule has 0 saturated carbocycles. The number of fused-ring (bicyclic) bond motifs is 1. The molecule has 3 amide bonds. The molecule has 0 spiro atoms. The van der Waals surface area contributed by atoms with Gasteiger partial charge < -0.3 is 20.9 Å². The summed E-state index contributed by atoms with van der Waals surface area (Å²) in [5, 5.41) is 7.76. The van der Waals surface area contributed by atoms with Gasteiger partial charge in [0.05, 0.1) is 12.1 Å². The van der Waals surface area contributed by atoms with Crippen molar-refractivity contribution in [2.24, 2.45) is 0 Å². The first-order chi connectivity index (χ1) is 17.0. The van der Waals surface area contributed by atoms with E-state index in [1.54, 1.807) is 0 Å². The number of amides is 3. The van der Waals surface area contributed by atoms with Crippen molar-refractivity contribution in [2.45, 2.75) is 19.1 Å². The number of carbonyl (C=O) groups excluding carboxylic acids is 3. The van der Waals surface area contributed by atoms with Gasteiger partial charge in [-0.25, -0.2) is 0 Å². The number of likely N-dealkylation sites (N-methyl/N-ethyl adjacent to an activating group) is 1. The van der Waals surface area contributed by atoms with E-state index in [-0.39, 0.29) is 17.8 Å². The molecule has 2 aliphatic rings. The Balaban J connectivity index is 1.54. The highest BCUT2D eigenvalue weighted by molar-refractivity contribution is 6.30. The molecule has 2 heterocycles. The molecule has 2 aliphatic heterocycles. The first-order valence-corrected chi connectivity index (χ1v) is 11.8. The summed E-state index contributed by atoms with van der Waals surface area (Å²) in [4.78, 5) is 42.0. The van der Waals surface area contributed by atoms with Gasteiger partial charge in [0.25, 0.3) is 11.8 Å². The fourth-order valence-electron chi connectivity index (χ4n) is 4.32. The van der Waals surface area contributed by atoms with E-state index in [1.807, 2.05) is 11.8 Å². The number of alkyl halides is 3. The second-order valence-electron chi connectivity index (χ2n) is 8.64. The van der Waals surface area contributed by atoms with Crippen molar-refractivity contribution >= 4 is 40.7 Å². The molecule has 36 heavy (non-hydrogen) atoms. The lowest BCUT2D eigenvalue weighted by Gasteiger charge is -2.33. The van der Waals surface area contributed by atoms with Gasteiger partial charge >= 0.3 is 6.18 Å². The van der Waals surface area contributed by atoms with Gasteiger partial charge in [-0.2, -0.15) is 13.2 Å². The van der Waals surface area contributed by atoms with Crippen LogP contribution < -0.4 is 16.0 Å². The normalized spacial score (nSPS) is 18.5. The molecule has 2 aromatic carbocycles. The monoisotopic (exact) mass is 523 g/mol. The standard InChI is InChI=1S/C24H25ClF3N5O3/c1-2-32-7-9-33(10-8-32)13-19(34)31-21-20-17(24(26,27)28)11-14(12-18(20)30-23(21)36)22(35)29-16-5-3-15(25)4-6-16/h3-6,11-12,21H,2,7-10,13H2,1H3,(H,29,35)(H,30,36)(H,31,34). The number of carbonyl (C=O) groups is 3. The number of nitrogens with one attached hydrogen (secondary N) is 3. The van der Waals surface area contributed by atoms with E-state index in [4.69, 9.17) is 11.6 Å². The Bertz CT molecular complexity index is 1160. The van der Waals surface area contributed by atoms with Gasteiger partial charge in [-0.3, -0.25) is 19.3 Å². The van der Waals surface area contributed by atoms with Crippen LogP contribution in [-0.2, 0) is 15.8 Å². The largest absolute Gasteiger partial charge is 0.416 e. The minimum atomic E-state index is -4.87. The minimum Gasteiger partial charge on any atom is -0.339 e. The number of hydrogen-bond acceptors (Lipinski definition) is 5. The molecule has 0 radical (unpaired) electrons. The van der Waals surface area contributed by atoms with Crippen molar-refractivity contribution in [2.75, 3.05) is 49.9 Å². The Morgan fingerprint density at radius 2 is 1.72 bits per heavy atom. The summed E-state index contributed by atoms with van der Waals surface area (Å²) in [5.74, 6) is -2.14. The van der Waals surface area contributed by atoms with E-state index in [0.29, 0.717) is 29.9 Å². The zero-order chi connectivity index (χ0) is 26.0. The molecule has 1 saturated heterocycles. The lowest BCUT2D eigenvalue weighted by atomic mass is 9.97. The number of piperazine rings is 1. The maximum atomic E-state index is 14.0. The second-order valence-corrected chi connectivity index (χ2v) is 9.08. The summed E-state index contributed by atoms with van der Waals surface area (Å²) < 4.78 is 42.1. The van der Waals surface area contributed by atoms with E-state index in [9.17, 15) is 27.6 Å². The molecule has 1 atom stereocenters. The zero-order valence-corrected chi connectivity index (χ0v) is 20.2. The molecule has 4 rings (SSSR count). The maximum absolute atomic E-state index is 14.0. The van der Waals surface area contributed by atoms with E-state index < -0.39 is 41.1 Å². The number of hydrogen-bond donors (Lipinski definition) is 3. The molecule has 0 bridgehead atoms. The quantitative estimate of drug-likeness (QED) is 0.540. The van der Waals surface area contributed by atoms with E-state index in [0.717, 1.165) is 19.6 Å². The SMILES string of the molecule is CCN1CCN(CC(=O)NC2C(=O)Nc3cc(C(=O)Nc4ccc(Cl)cc4)cc(C(F)(F)F)c32)CC1. The second kappa shape index (κ2) is 10.5. The predicted molar refractivity (Wildman–Crippen MR) is 129 cm³/mol. The van der Waals surface area contributed by atoms with Crippen molar-refractivity contribution in [1.82, 2.24) is 15.1 Å². The number of halogens is 4. The van der Waals surface area contributed by atoms with Gasteiger partial charge in [0, 0.05) is 53.7 Å². The summed E-state index contributed by atoms with van der Waals surface area (Å²) in [6.07, 6.45) is -4.87.